The Morgan fingerprint density at radius 2 is 1.83 bits per heavy atom. The van der Waals surface area contributed by atoms with Crippen molar-refractivity contribution in [2.75, 3.05) is 26.9 Å². The Morgan fingerprint density at radius 3 is 2.50 bits per heavy atom. The lowest BCUT2D eigenvalue weighted by molar-refractivity contribution is -0.138. The largest absolute Gasteiger partial charge is 0.494 e. The number of carbonyl (C=O) groups excluding carboxylic acids is 1. The molecular formula is C34H35F5N4O5. The number of ether oxygens (including phenoxy) is 3. The van der Waals surface area contributed by atoms with Crippen molar-refractivity contribution in [2.24, 2.45) is 0 Å². The van der Waals surface area contributed by atoms with Gasteiger partial charge in [-0.05, 0) is 75.7 Å². The summed E-state index contributed by atoms with van der Waals surface area (Å²) in [5.41, 5.74) is -1.81. The Bertz CT molecular complexity index is 1800. The van der Waals surface area contributed by atoms with E-state index in [2.05, 4.69) is 20.5 Å². The number of alkyl halides is 3. The Kier molecular flexibility index (Phi) is 9.99. The highest BCUT2D eigenvalue weighted by Gasteiger charge is 2.45. The molecule has 1 unspecified atom stereocenters. The number of rotatable bonds is 11. The fourth-order valence-electron chi connectivity index (χ4n) is 5.61. The van der Waals surface area contributed by atoms with Crippen LogP contribution in [0.5, 0.6) is 5.75 Å². The molecular weight excluding hydrogens is 639 g/mol. The lowest BCUT2D eigenvalue weighted by Gasteiger charge is -2.31. The first-order chi connectivity index (χ1) is 22.6. The minimum atomic E-state index is -4.33. The van der Waals surface area contributed by atoms with Gasteiger partial charge in [0.1, 0.15) is 28.4 Å². The fraction of sp³-hybridized carbons (Fsp3) is 0.412. The van der Waals surface area contributed by atoms with Crippen LogP contribution in [-0.4, -0.2) is 65.3 Å². The predicted octanol–water partition coefficient (Wildman–Crippen LogP) is 6.29. The van der Waals surface area contributed by atoms with Crippen molar-refractivity contribution in [1.82, 2.24) is 20.5 Å². The highest BCUT2D eigenvalue weighted by atomic mass is 19.4. The number of benzene rings is 2. The van der Waals surface area contributed by atoms with Crippen LogP contribution in [-0.2, 0) is 20.7 Å². The predicted molar refractivity (Wildman–Crippen MR) is 165 cm³/mol. The van der Waals surface area contributed by atoms with Gasteiger partial charge in [-0.1, -0.05) is 0 Å². The number of hydrogen-bond donors (Lipinski definition) is 2. The number of aromatic nitrogens is 3. The van der Waals surface area contributed by atoms with Crippen LogP contribution in [0.15, 0.2) is 48.5 Å². The number of methoxy groups -OCH3 is 1. The van der Waals surface area contributed by atoms with Crippen molar-refractivity contribution < 1.29 is 46.1 Å². The van der Waals surface area contributed by atoms with Crippen molar-refractivity contribution in [3.05, 3.63) is 82.7 Å². The molecule has 1 fully saturated rings. The molecule has 9 nitrogen and oxygen atoms in total. The normalized spacial score (nSPS) is 18.3. The molecule has 1 amide bonds. The summed E-state index contributed by atoms with van der Waals surface area (Å²) in [7, 11) is 1.44. The third kappa shape index (κ3) is 7.88. The lowest BCUT2D eigenvalue weighted by atomic mass is 9.88. The van der Waals surface area contributed by atoms with Crippen LogP contribution < -0.4 is 10.1 Å². The molecule has 256 valence electrons. The molecule has 5 rings (SSSR count). The summed E-state index contributed by atoms with van der Waals surface area (Å²) in [6, 6.07) is 11.2. The third-order valence-electron chi connectivity index (χ3n) is 8.06. The maximum absolute atomic E-state index is 15.9. The SMILES string of the molecule is COc1cc(C(=O)NCC2(c3cc(C(C)(C)O)c(F)c(-c4ccc(F)cc4)n3)C[C@@H](OCCCC(F)(F)F)CO2)cc2cc(C)nnc12. The number of nitrogens with zero attached hydrogens (tertiary/aromatic N) is 3. The van der Waals surface area contributed by atoms with Gasteiger partial charge in [0, 0.05) is 41.5 Å². The second-order valence-electron chi connectivity index (χ2n) is 12.3. The van der Waals surface area contributed by atoms with E-state index in [1.165, 1.54) is 45.2 Å². The number of pyridine rings is 1. The molecule has 1 aliphatic rings. The average molecular weight is 675 g/mol. The molecule has 3 heterocycles. The molecule has 48 heavy (non-hydrogen) atoms. The smallest absolute Gasteiger partial charge is 0.389 e. The number of fused-ring (bicyclic) bond motifs is 1. The summed E-state index contributed by atoms with van der Waals surface area (Å²) < 4.78 is 85.3. The number of amides is 1. The zero-order chi connectivity index (χ0) is 34.9. The minimum absolute atomic E-state index is 0.0297. The molecule has 0 saturated carbocycles. The lowest BCUT2D eigenvalue weighted by Crippen LogP contribution is -2.42. The zero-order valence-corrected chi connectivity index (χ0v) is 26.8. The van der Waals surface area contributed by atoms with Crippen LogP contribution in [0.3, 0.4) is 0 Å². The van der Waals surface area contributed by atoms with Crippen LogP contribution in [0.1, 0.15) is 60.4 Å². The monoisotopic (exact) mass is 674 g/mol. The van der Waals surface area contributed by atoms with E-state index in [0.717, 1.165) is 12.1 Å². The molecule has 0 aliphatic carbocycles. The van der Waals surface area contributed by atoms with E-state index in [0.29, 0.717) is 22.3 Å². The van der Waals surface area contributed by atoms with Crippen LogP contribution >= 0.6 is 0 Å². The molecule has 2 aromatic carbocycles. The van der Waals surface area contributed by atoms with Gasteiger partial charge in [-0.15, -0.1) is 5.10 Å². The van der Waals surface area contributed by atoms with Crippen molar-refractivity contribution in [2.45, 2.75) is 63.5 Å². The van der Waals surface area contributed by atoms with E-state index >= 15 is 4.39 Å². The van der Waals surface area contributed by atoms with Crippen molar-refractivity contribution >= 4 is 16.8 Å². The highest BCUT2D eigenvalue weighted by Crippen LogP contribution is 2.40. The van der Waals surface area contributed by atoms with Crippen LogP contribution in [0, 0.1) is 18.6 Å². The molecule has 2 atom stereocenters. The first-order valence-electron chi connectivity index (χ1n) is 15.2. The van der Waals surface area contributed by atoms with E-state index in [9.17, 15) is 27.5 Å². The van der Waals surface area contributed by atoms with E-state index in [1.807, 2.05) is 0 Å². The van der Waals surface area contributed by atoms with E-state index in [1.54, 1.807) is 19.1 Å². The molecule has 4 aromatic rings. The summed E-state index contributed by atoms with van der Waals surface area (Å²) in [6.45, 7) is 4.06. The van der Waals surface area contributed by atoms with Crippen molar-refractivity contribution in [1.29, 1.82) is 0 Å². The van der Waals surface area contributed by atoms with Crippen LogP contribution in [0.2, 0.25) is 0 Å². The standard InChI is InChI=1S/C34H35F5N4O5/c1-19-12-21-13-22(14-26(46-4)29(21)43-42-19)31(44)40-18-33(16-24(17-48-33)47-11-5-10-34(37,38)39)27-15-25(32(2,3)45)28(36)30(41-27)20-6-8-23(35)9-7-20/h6-9,12-15,24,45H,5,10-11,16-18H2,1-4H3,(H,40,44)/t24-,33?/m1/s1. The molecule has 1 aliphatic heterocycles. The summed E-state index contributed by atoms with van der Waals surface area (Å²) in [5, 5.41) is 22.6. The van der Waals surface area contributed by atoms with Gasteiger partial charge in [-0.3, -0.25) is 4.79 Å². The Labute approximate surface area is 273 Å². The van der Waals surface area contributed by atoms with Gasteiger partial charge in [-0.25, -0.2) is 13.8 Å². The summed E-state index contributed by atoms with van der Waals surface area (Å²) in [4.78, 5) is 18.2. The van der Waals surface area contributed by atoms with Gasteiger partial charge in [0.05, 0.1) is 43.4 Å². The molecule has 0 bridgehead atoms. The second-order valence-corrected chi connectivity index (χ2v) is 12.3. The fourth-order valence-corrected chi connectivity index (χ4v) is 5.61. The average Bonchev–Trinajstić information content (AvgIpc) is 3.45. The van der Waals surface area contributed by atoms with E-state index < -0.39 is 47.4 Å². The first-order valence-corrected chi connectivity index (χ1v) is 15.2. The molecule has 14 heteroatoms. The van der Waals surface area contributed by atoms with E-state index in [4.69, 9.17) is 14.2 Å². The van der Waals surface area contributed by atoms with Gasteiger partial charge in [0.15, 0.2) is 5.82 Å². The van der Waals surface area contributed by atoms with Gasteiger partial charge in [-0.2, -0.15) is 18.3 Å². The van der Waals surface area contributed by atoms with Crippen molar-refractivity contribution in [3.8, 4) is 17.0 Å². The molecule has 0 spiro atoms. The number of aliphatic hydroxyl groups is 1. The summed E-state index contributed by atoms with van der Waals surface area (Å²) in [6.07, 6.45) is -6.27. The Morgan fingerprint density at radius 1 is 1.10 bits per heavy atom. The zero-order valence-electron chi connectivity index (χ0n) is 26.8. The topological polar surface area (TPSA) is 116 Å². The van der Waals surface area contributed by atoms with Crippen LogP contribution in [0.4, 0.5) is 22.0 Å². The first kappa shape index (κ1) is 35.0. The van der Waals surface area contributed by atoms with E-state index in [-0.39, 0.29) is 60.7 Å². The number of hydrogen-bond acceptors (Lipinski definition) is 8. The maximum Gasteiger partial charge on any atom is 0.389 e. The molecule has 0 radical (unpaired) electrons. The van der Waals surface area contributed by atoms with Gasteiger partial charge in [0.2, 0.25) is 0 Å². The summed E-state index contributed by atoms with van der Waals surface area (Å²) in [5.74, 6) is -1.58. The second kappa shape index (κ2) is 13.7. The Balaban J connectivity index is 1.52. The molecule has 1 saturated heterocycles. The third-order valence-corrected chi connectivity index (χ3v) is 8.06. The highest BCUT2D eigenvalue weighted by molar-refractivity contribution is 5.99. The summed E-state index contributed by atoms with van der Waals surface area (Å²) >= 11 is 0. The maximum atomic E-state index is 15.9. The minimum Gasteiger partial charge on any atom is -0.494 e. The number of nitrogens with one attached hydrogen (secondary N) is 1. The molecule has 2 N–H and O–H groups in total. The van der Waals surface area contributed by atoms with Crippen molar-refractivity contribution in [3.63, 3.8) is 0 Å². The van der Waals surface area contributed by atoms with Gasteiger partial charge in [0.25, 0.3) is 5.91 Å². The quantitative estimate of drug-likeness (QED) is 0.141. The number of carbonyl (C=O) groups is 1. The number of halogens is 5. The van der Waals surface area contributed by atoms with Crippen LogP contribution in [0.25, 0.3) is 22.2 Å². The van der Waals surface area contributed by atoms with Gasteiger partial charge >= 0.3 is 6.18 Å². The number of aryl methyl sites for hydroxylation is 1. The Hall–Kier alpha value is -4.27. The molecule has 2 aromatic heterocycles. The van der Waals surface area contributed by atoms with Gasteiger partial charge < -0.3 is 24.6 Å².